The molecule has 2 fully saturated rings. The number of esters is 1. The van der Waals surface area contributed by atoms with Gasteiger partial charge in [0.2, 0.25) is 0 Å². The normalized spacial score (nSPS) is 25.7. The van der Waals surface area contributed by atoms with Crippen molar-refractivity contribution in [2.24, 2.45) is 11.3 Å². The van der Waals surface area contributed by atoms with Crippen molar-refractivity contribution in [3.8, 4) is 0 Å². The first-order chi connectivity index (χ1) is 11.6. The Kier molecular flexibility index (Phi) is 3.49. The Balaban J connectivity index is 1.62. The van der Waals surface area contributed by atoms with Crippen molar-refractivity contribution >= 4 is 22.8 Å². The smallest absolute Gasteiger partial charge is 0.316 e. The molecule has 0 N–H and O–H groups in total. The van der Waals surface area contributed by atoms with Crippen molar-refractivity contribution in [1.29, 1.82) is 0 Å². The number of carbonyl (C=O) groups is 2. The van der Waals surface area contributed by atoms with Crippen LogP contribution in [-0.2, 0) is 14.3 Å². The highest BCUT2D eigenvalue weighted by Gasteiger charge is 2.57. The summed E-state index contributed by atoms with van der Waals surface area (Å²) in [5.41, 5.74) is 0.663. The predicted molar refractivity (Wildman–Crippen MR) is 86.4 cm³/mol. The van der Waals surface area contributed by atoms with E-state index >= 15 is 0 Å². The molecular weight excluding hydrogens is 308 g/mol. The summed E-state index contributed by atoms with van der Waals surface area (Å²) in [6.07, 6.45) is 1.60. The van der Waals surface area contributed by atoms with Crippen LogP contribution in [0.25, 0.3) is 10.9 Å². The maximum atomic E-state index is 12.9. The highest BCUT2D eigenvalue weighted by atomic mass is 16.5. The fraction of sp³-hybridized carbons (Fsp3) is 0.389. The van der Waals surface area contributed by atoms with Crippen molar-refractivity contribution in [3.63, 3.8) is 0 Å². The number of fused-ring (bicyclic) bond motifs is 2. The summed E-state index contributed by atoms with van der Waals surface area (Å²) >= 11 is 0. The number of carbonyl (C=O) groups excluding carboxylic acids is 2. The highest BCUT2D eigenvalue weighted by Crippen LogP contribution is 2.42. The van der Waals surface area contributed by atoms with Gasteiger partial charge in [-0.25, -0.2) is 0 Å². The minimum atomic E-state index is -0.727. The van der Waals surface area contributed by atoms with E-state index in [0.29, 0.717) is 31.9 Å². The van der Waals surface area contributed by atoms with E-state index in [0.717, 1.165) is 10.9 Å². The fourth-order valence-corrected chi connectivity index (χ4v) is 3.75. The van der Waals surface area contributed by atoms with Crippen molar-refractivity contribution in [1.82, 2.24) is 9.88 Å². The summed E-state index contributed by atoms with van der Waals surface area (Å²) in [7, 11) is 1.38. The van der Waals surface area contributed by atoms with Crippen molar-refractivity contribution < 1.29 is 19.1 Å². The SMILES string of the molecule is COC(=O)[C@@]12COC[C@@H]1CN(C(=O)c1cnc3ccccc3c1)C2. The van der Waals surface area contributed by atoms with Crippen LogP contribution < -0.4 is 0 Å². The van der Waals surface area contributed by atoms with E-state index in [2.05, 4.69) is 4.98 Å². The Morgan fingerprint density at radius 1 is 1.38 bits per heavy atom. The Labute approximate surface area is 139 Å². The van der Waals surface area contributed by atoms with E-state index < -0.39 is 5.41 Å². The standard InChI is InChI=1S/C18H18N2O4/c1-23-17(22)18-10-20(8-14(18)9-24-11-18)16(21)13-6-12-4-2-3-5-15(12)19-7-13/h2-7,14H,8-11H2,1H3/t14-,18-/m0/s1. The molecule has 1 aromatic heterocycles. The highest BCUT2D eigenvalue weighted by molar-refractivity contribution is 5.98. The molecule has 0 unspecified atom stereocenters. The lowest BCUT2D eigenvalue weighted by Gasteiger charge is -2.23. The summed E-state index contributed by atoms with van der Waals surface area (Å²) in [4.78, 5) is 31.2. The van der Waals surface area contributed by atoms with Gasteiger partial charge < -0.3 is 14.4 Å². The van der Waals surface area contributed by atoms with Gasteiger partial charge in [-0.1, -0.05) is 18.2 Å². The lowest BCUT2D eigenvalue weighted by Crippen LogP contribution is -2.41. The summed E-state index contributed by atoms with van der Waals surface area (Å²) < 4.78 is 10.4. The molecule has 2 aliphatic rings. The van der Waals surface area contributed by atoms with E-state index in [9.17, 15) is 9.59 Å². The number of likely N-dealkylation sites (tertiary alicyclic amines) is 1. The van der Waals surface area contributed by atoms with Gasteiger partial charge >= 0.3 is 5.97 Å². The summed E-state index contributed by atoms with van der Waals surface area (Å²) in [5, 5.41) is 0.925. The molecule has 0 bridgehead atoms. The zero-order valence-corrected chi connectivity index (χ0v) is 13.4. The number of amides is 1. The second-order valence-electron chi connectivity index (χ2n) is 6.46. The third-order valence-electron chi connectivity index (χ3n) is 5.09. The monoisotopic (exact) mass is 326 g/mol. The van der Waals surface area contributed by atoms with Gasteiger partial charge in [0.05, 0.1) is 31.4 Å². The summed E-state index contributed by atoms with van der Waals surface area (Å²) in [5.74, 6) is -0.412. The first kappa shape index (κ1) is 15.1. The number of para-hydroxylation sites is 1. The lowest BCUT2D eigenvalue weighted by atomic mass is 9.81. The van der Waals surface area contributed by atoms with Gasteiger partial charge in [-0.2, -0.15) is 0 Å². The maximum Gasteiger partial charge on any atom is 0.316 e. The molecule has 1 amide bonds. The third-order valence-corrected chi connectivity index (χ3v) is 5.09. The number of ether oxygens (including phenoxy) is 2. The van der Waals surface area contributed by atoms with E-state index in [1.165, 1.54) is 7.11 Å². The Morgan fingerprint density at radius 2 is 2.21 bits per heavy atom. The lowest BCUT2D eigenvalue weighted by molar-refractivity contribution is -0.153. The van der Waals surface area contributed by atoms with E-state index in [4.69, 9.17) is 9.47 Å². The molecule has 0 radical (unpaired) electrons. The second-order valence-corrected chi connectivity index (χ2v) is 6.46. The van der Waals surface area contributed by atoms with Crippen LogP contribution in [0.5, 0.6) is 0 Å². The van der Waals surface area contributed by atoms with Crippen molar-refractivity contribution in [3.05, 3.63) is 42.1 Å². The van der Waals surface area contributed by atoms with Crippen LogP contribution in [0.3, 0.4) is 0 Å². The average molecular weight is 326 g/mol. The van der Waals surface area contributed by atoms with Crippen molar-refractivity contribution in [2.75, 3.05) is 33.4 Å². The minimum absolute atomic E-state index is 0.0117. The van der Waals surface area contributed by atoms with Gasteiger partial charge in [0.15, 0.2) is 0 Å². The first-order valence-electron chi connectivity index (χ1n) is 7.94. The number of methoxy groups -OCH3 is 1. The van der Waals surface area contributed by atoms with Crippen LogP contribution in [0, 0.1) is 11.3 Å². The quantitative estimate of drug-likeness (QED) is 0.782. The number of benzene rings is 1. The molecule has 3 heterocycles. The molecule has 6 heteroatoms. The van der Waals surface area contributed by atoms with Gasteiger partial charge in [-0.05, 0) is 12.1 Å². The van der Waals surface area contributed by atoms with Gasteiger partial charge in [-0.3, -0.25) is 14.6 Å². The summed E-state index contributed by atoms with van der Waals surface area (Å²) in [6.45, 7) is 1.62. The van der Waals surface area contributed by atoms with E-state index in [1.807, 2.05) is 30.3 Å². The second kappa shape index (κ2) is 5.56. The number of pyridine rings is 1. The zero-order valence-electron chi connectivity index (χ0n) is 13.4. The van der Waals surface area contributed by atoms with Gasteiger partial charge in [0, 0.05) is 30.6 Å². The van der Waals surface area contributed by atoms with Crippen LogP contribution in [0.1, 0.15) is 10.4 Å². The van der Waals surface area contributed by atoms with Crippen LogP contribution in [0.2, 0.25) is 0 Å². The number of nitrogens with zero attached hydrogens (tertiary/aromatic N) is 2. The zero-order chi connectivity index (χ0) is 16.7. The minimum Gasteiger partial charge on any atom is -0.468 e. The Bertz CT molecular complexity index is 822. The molecule has 2 aliphatic heterocycles. The van der Waals surface area contributed by atoms with Crippen LogP contribution in [-0.4, -0.2) is 55.2 Å². The molecule has 1 aromatic carbocycles. The molecule has 6 nitrogen and oxygen atoms in total. The average Bonchev–Trinajstić information content (AvgIpc) is 3.18. The Morgan fingerprint density at radius 3 is 3.04 bits per heavy atom. The number of hydrogen-bond acceptors (Lipinski definition) is 5. The molecule has 2 aromatic rings. The Hall–Kier alpha value is -2.47. The molecule has 4 rings (SSSR count). The van der Waals surface area contributed by atoms with Crippen LogP contribution in [0.4, 0.5) is 0 Å². The van der Waals surface area contributed by atoms with Gasteiger partial charge in [0.1, 0.15) is 5.41 Å². The van der Waals surface area contributed by atoms with Crippen LogP contribution in [0.15, 0.2) is 36.5 Å². The number of rotatable bonds is 2. The topological polar surface area (TPSA) is 68.7 Å². The first-order valence-corrected chi connectivity index (χ1v) is 7.94. The molecule has 124 valence electrons. The number of aromatic nitrogens is 1. The maximum absolute atomic E-state index is 12.9. The molecular formula is C18H18N2O4. The van der Waals surface area contributed by atoms with Gasteiger partial charge in [0.25, 0.3) is 5.91 Å². The fourth-order valence-electron chi connectivity index (χ4n) is 3.75. The number of hydrogen-bond donors (Lipinski definition) is 0. The predicted octanol–water partition coefficient (Wildman–Crippen LogP) is 1.50. The molecule has 2 saturated heterocycles. The third kappa shape index (κ3) is 2.17. The van der Waals surface area contributed by atoms with Crippen LogP contribution >= 0.6 is 0 Å². The van der Waals surface area contributed by atoms with E-state index in [-0.39, 0.29) is 17.8 Å². The molecule has 0 spiro atoms. The molecule has 0 saturated carbocycles. The summed E-state index contributed by atoms with van der Waals surface area (Å²) in [6, 6.07) is 9.52. The van der Waals surface area contributed by atoms with Gasteiger partial charge in [-0.15, -0.1) is 0 Å². The van der Waals surface area contributed by atoms with Crippen molar-refractivity contribution in [2.45, 2.75) is 0 Å². The molecule has 0 aliphatic carbocycles. The largest absolute Gasteiger partial charge is 0.468 e. The van der Waals surface area contributed by atoms with E-state index in [1.54, 1.807) is 11.1 Å². The molecule has 24 heavy (non-hydrogen) atoms. The molecule has 2 atom stereocenters.